The van der Waals surface area contributed by atoms with Crippen molar-refractivity contribution in [1.82, 2.24) is 0 Å². The first kappa shape index (κ1) is 8.61. The van der Waals surface area contributed by atoms with E-state index >= 15 is 0 Å². The van der Waals surface area contributed by atoms with Crippen LogP contribution in [-0.2, 0) is 0 Å². The van der Waals surface area contributed by atoms with Crippen molar-refractivity contribution < 1.29 is 15.1 Å². The van der Waals surface area contributed by atoms with Crippen molar-refractivity contribution in [2.24, 2.45) is 0 Å². The van der Waals surface area contributed by atoms with Gasteiger partial charge in [0.1, 0.15) is 0 Å². The highest BCUT2D eigenvalue weighted by molar-refractivity contribution is 6.21. The standard InChI is InChI=1S/C3H6ClNO4/c4-2(1-6)3(7)5(8)9/h2-3,6-7H,1H2. The van der Waals surface area contributed by atoms with Gasteiger partial charge in [-0.15, -0.1) is 11.6 Å². The summed E-state index contributed by atoms with van der Waals surface area (Å²) in [6.07, 6.45) is -1.88. The summed E-state index contributed by atoms with van der Waals surface area (Å²) in [5.74, 6) is 0. The summed E-state index contributed by atoms with van der Waals surface area (Å²) >= 11 is 5.07. The van der Waals surface area contributed by atoms with Gasteiger partial charge in [0, 0.05) is 0 Å². The molecular formula is C3H6ClNO4. The molecule has 5 nitrogen and oxygen atoms in total. The Balaban J connectivity index is 3.72. The summed E-state index contributed by atoms with van der Waals surface area (Å²) < 4.78 is 0. The van der Waals surface area contributed by atoms with E-state index in [1.54, 1.807) is 0 Å². The van der Waals surface area contributed by atoms with E-state index in [2.05, 4.69) is 0 Å². The predicted octanol–water partition coefficient (Wildman–Crippen LogP) is -0.819. The number of alkyl halides is 1. The molecule has 0 rings (SSSR count). The average molecular weight is 156 g/mol. The Hall–Kier alpha value is -0.390. The van der Waals surface area contributed by atoms with Crippen LogP contribution >= 0.6 is 11.6 Å². The summed E-state index contributed by atoms with van der Waals surface area (Å²) in [5.41, 5.74) is 0. The highest BCUT2D eigenvalue weighted by Crippen LogP contribution is 2.01. The second kappa shape index (κ2) is 3.60. The molecule has 0 saturated carbocycles. The smallest absolute Gasteiger partial charge is 0.331 e. The Labute approximate surface area is 56.0 Å². The van der Waals surface area contributed by atoms with E-state index in [0.717, 1.165) is 0 Å². The first-order valence-corrected chi connectivity index (χ1v) is 2.59. The molecule has 0 amide bonds. The van der Waals surface area contributed by atoms with Gasteiger partial charge in [-0.3, -0.25) is 10.1 Å². The van der Waals surface area contributed by atoms with Crippen LogP contribution in [0.4, 0.5) is 0 Å². The molecule has 0 aliphatic rings. The number of rotatable bonds is 3. The van der Waals surface area contributed by atoms with E-state index in [9.17, 15) is 10.1 Å². The third-order valence-electron chi connectivity index (χ3n) is 0.714. The first-order chi connectivity index (χ1) is 4.09. The Morgan fingerprint density at radius 3 is 2.33 bits per heavy atom. The maximum atomic E-state index is 9.66. The molecule has 0 aromatic carbocycles. The van der Waals surface area contributed by atoms with Crippen molar-refractivity contribution >= 4 is 11.6 Å². The van der Waals surface area contributed by atoms with Crippen molar-refractivity contribution in [2.45, 2.75) is 11.6 Å². The second-order valence-electron chi connectivity index (χ2n) is 1.40. The van der Waals surface area contributed by atoms with E-state index in [0.29, 0.717) is 0 Å². The van der Waals surface area contributed by atoms with Gasteiger partial charge in [0.25, 0.3) is 0 Å². The Kier molecular flexibility index (Phi) is 3.44. The summed E-state index contributed by atoms with van der Waals surface area (Å²) in [4.78, 5) is 8.70. The summed E-state index contributed by atoms with van der Waals surface area (Å²) in [6.45, 7) is -0.607. The lowest BCUT2D eigenvalue weighted by atomic mass is 10.4. The fourth-order valence-electron chi connectivity index (χ4n) is 0.226. The summed E-state index contributed by atoms with van der Waals surface area (Å²) in [5, 5.41) is 25.0. The number of hydrogen-bond acceptors (Lipinski definition) is 4. The Bertz CT molecular complexity index is 108. The highest BCUT2D eigenvalue weighted by Gasteiger charge is 2.25. The Morgan fingerprint density at radius 1 is 1.78 bits per heavy atom. The van der Waals surface area contributed by atoms with Crippen molar-refractivity contribution in [3.8, 4) is 0 Å². The number of aliphatic hydroxyl groups is 2. The predicted molar refractivity (Wildman–Crippen MR) is 29.7 cm³/mol. The quantitative estimate of drug-likeness (QED) is 0.241. The van der Waals surface area contributed by atoms with Gasteiger partial charge in [-0.05, 0) is 0 Å². The highest BCUT2D eigenvalue weighted by atomic mass is 35.5. The monoisotopic (exact) mass is 155 g/mol. The molecule has 0 aromatic rings. The molecule has 0 saturated heterocycles. The van der Waals surface area contributed by atoms with Gasteiger partial charge in [0.2, 0.25) is 0 Å². The van der Waals surface area contributed by atoms with Gasteiger partial charge in [0.05, 0.1) is 11.5 Å². The van der Waals surface area contributed by atoms with Crippen LogP contribution in [0.3, 0.4) is 0 Å². The molecule has 0 heterocycles. The third kappa shape index (κ3) is 2.59. The zero-order chi connectivity index (χ0) is 7.44. The van der Waals surface area contributed by atoms with Crippen molar-refractivity contribution in [3.63, 3.8) is 0 Å². The number of halogens is 1. The minimum atomic E-state index is -1.88. The van der Waals surface area contributed by atoms with E-state index in [-0.39, 0.29) is 0 Å². The van der Waals surface area contributed by atoms with Gasteiger partial charge in [-0.1, -0.05) is 0 Å². The zero-order valence-electron chi connectivity index (χ0n) is 4.40. The minimum Gasteiger partial charge on any atom is -0.394 e. The fraction of sp³-hybridized carbons (Fsp3) is 1.00. The van der Waals surface area contributed by atoms with Crippen LogP contribution in [-0.4, -0.2) is 33.3 Å². The molecular weight excluding hydrogens is 149 g/mol. The van der Waals surface area contributed by atoms with Crippen LogP contribution in [0.15, 0.2) is 0 Å². The first-order valence-electron chi connectivity index (χ1n) is 2.16. The molecule has 6 heteroatoms. The molecule has 0 aliphatic carbocycles. The molecule has 0 fully saturated rings. The number of nitrogens with zero attached hydrogens (tertiary/aromatic N) is 1. The van der Waals surface area contributed by atoms with E-state index in [1.165, 1.54) is 0 Å². The van der Waals surface area contributed by atoms with Crippen LogP contribution in [0.25, 0.3) is 0 Å². The minimum absolute atomic E-state index is 0.607. The molecule has 2 N–H and O–H groups in total. The normalized spacial score (nSPS) is 16.8. The topological polar surface area (TPSA) is 83.6 Å². The van der Waals surface area contributed by atoms with E-state index < -0.39 is 23.1 Å². The number of hydrogen-bond donors (Lipinski definition) is 2. The van der Waals surface area contributed by atoms with Gasteiger partial charge >= 0.3 is 6.23 Å². The lowest BCUT2D eigenvalue weighted by Crippen LogP contribution is -2.31. The van der Waals surface area contributed by atoms with Gasteiger partial charge < -0.3 is 10.2 Å². The second-order valence-corrected chi connectivity index (χ2v) is 1.96. The molecule has 0 spiro atoms. The van der Waals surface area contributed by atoms with Gasteiger partial charge in [0.15, 0.2) is 5.38 Å². The van der Waals surface area contributed by atoms with Gasteiger partial charge in [-0.25, -0.2) is 0 Å². The van der Waals surface area contributed by atoms with Gasteiger partial charge in [-0.2, -0.15) is 0 Å². The third-order valence-corrected chi connectivity index (χ3v) is 1.08. The largest absolute Gasteiger partial charge is 0.394 e. The lowest BCUT2D eigenvalue weighted by molar-refractivity contribution is -0.570. The molecule has 0 aliphatic heterocycles. The maximum Gasteiger partial charge on any atom is 0.331 e. The van der Waals surface area contributed by atoms with E-state index in [1.807, 2.05) is 0 Å². The van der Waals surface area contributed by atoms with Crippen molar-refractivity contribution in [2.75, 3.05) is 6.61 Å². The molecule has 9 heavy (non-hydrogen) atoms. The maximum absolute atomic E-state index is 9.66. The van der Waals surface area contributed by atoms with Crippen LogP contribution in [0.5, 0.6) is 0 Å². The van der Waals surface area contributed by atoms with E-state index in [4.69, 9.17) is 21.8 Å². The molecule has 0 aromatic heterocycles. The molecule has 2 unspecified atom stereocenters. The zero-order valence-corrected chi connectivity index (χ0v) is 5.15. The molecule has 0 radical (unpaired) electrons. The van der Waals surface area contributed by atoms with Crippen LogP contribution < -0.4 is 0 Å². The SMILES string of the molecule is O=[N+]([O-])C(O)C(Cl)CO. The van der Waals surface area contributed by atoms with Crippen LogP contribution in [0.2, 0.25) is 0 Å². The lowest BCUT2D eigenvalue weighted by Gasteiger charge is -2.04. The summed E-state index contributed by atoms with van der Waals surface area (Å²) in [6, 6.07) is 0. The number of aliphatic hydroxyl groups excluding tert-OH is 2. The molecule has 2 atom stereocenters. The Morgan fingerprint density at radius 2 is 2.22 bits per heavy atom. The molecule has 54 valence electrons. The van der Waals surface area contributed by atoms with Crippen LogP contribution in [0.1, 0.15) is 0 Å². The van der Waals surface area contributed by atoms with Crippen molar-refractivity contribution in [3.05, 3.63) is 10.1 Å². The van der Waals surface area contributed by atoms with Crippen molar-refractivity contribution in [1.29, 1.82) is 0 Å². The number of nitro groups is 1. The molecule has 0 bridgehead atoms. The summed E-state index contributed by atoms with van der Waals surface area (Å²) in [7, 11) is 0. The van der Waals surface area contributed by atoms with Crippen LogP contribution in [0, 0.1) is 10.1 Å². The average Bonchev–Trinajstić information content (AvgIpc) is 1.84. The fourth-order valence-corrected chi connectivity index (χ4v) is 0.318.